The second-order valence-corrected chi connectivity index (χ2v) is 7.22. The van der Waals surface area contributed by atoms with Crippen molar-refractivity contribution in [1.82, 2.24) is 0 Å². The van der Waals surface area contributed by atoms with Crippen molar-refractivity contribution < 1.29 is 14.5 Å². The van der Waals surface area contributed by atoms with Crippen LogP contribution in [-0.4, -0.2) is 17.5 Å². The number of anilines is 1. The fraction of sp³-hybridized carbons (Fsp3) is 0.118. The lowest BCUT2D eigenvalue weighted by atomic mass is 10.2. The molecule has 0 saturated carbocycles. The van der Waals surface area contributed by atoms with Gasteiger partial charge in [0.05, 0.1) is 17.2 Å². The molecule has 0 aliphatic carbocycles. The minimum absolute atomic E-state index is 0.0393. The number of hydrogen-bond acceptors (Lipinski definition) is 7. The summed E-state index contributed by atoms with van der Waals surface area (Å²) >= 11 is 2.48. The number of nitro benzene ring substituents is 1. The van der Waals surface area contributed by atoms with Crippen LogP contribution >= 0.6 is 23.1 Å². The molecule has 1 heterocycles. The lowest BCUT2D eigenvalue weighted by Gasteiger charge is -2.05. The summed E-state index contributed by atoms with van der Waals surface area (Å²) in [6.45, 7) is 1.95. The van der Waals surface area contributed by atoms with E-state index in [0.29, 0.717) is 20.7 Å². The Bertz CT molecular complexity index is 954. The number of hydrogen-bond donors (Lipinski definition) is 1. The summed E-state index contributed by atoms with van der Waals surface area (Å²) in [5.41, 5.74) is 6.44. The molecule has 2 aromatic carbocycles. The Kier molecular flexibility index (Phi) is 4.91. The minimum atomic E-state index is -0.514. The largest absolute Gasteiger partial charge is 0.462 e. The van der Waals surface area contributed by atoms with Crippen molar-refractivity contribution in [3.05, 3.63) is 57.5 Å². The molecule has 0 aliphatic rings. The number of thiophene rings is 1. The van der Waals surface area contributed by atoms with Crippen molar-refractivity contribution in [2.75, 3.05) is 12.3 Å². The van der Waals surface area contributed by atoms with Gasteiger partial charge in [0.1, 0.15) is 4.88 Å². The summed E-state index contributed by atoms with van der Waals surface area (Å²) in [4.78, 5) is 24.7. The predicted molar refractivity (Wildman–Crippen MR) is 99.4 cm³/mol. The van der Waals surface area contributed by atoms with E-state index in [0.717, 1.165) is 16.2 Å². The maximum absolute atomic E-state index is 12.1. The van der Waals surface area contributed by atoms with Gasteiger partial charge in [0.25, 0.3) is 5.69 Å². The molecule has 0 unspecified atom stereocenters. The van der Waals surface area contributed by atoms with Crippen molar-refractivity contribution >= 4 is 50.5 Å². The molecule has 3 aromatic rings. The Hall–Kier alpha value is -2.58. The zero-order valence-corrected chi connectivity index (χ0v) is 14.9. The zero-order valence-electron chi connectivity index (χ0n) is 13.2. The van der Waals surface area contributed by atoms with Crippen LogP contribution in [0.25, 0.3) is 10.1 Å². The second kappa shape index (κ2) is 7.12. The molecular weight excluding hydrogens is 360 g/mol. The van der Waals surface area contributed by atoms with Crippen LogP contribution in [0.15, 0.2) is 52.3 Å². The average Bonchev–Trinajstić information content (AvgIpc) is 2.93. The first-order valence-electron chi connectivity index (χ1n) is 7.41. The Morgan fingerprint density at radius 3 is 2.68 bits per heavy atom. The number of nitrogen functional groups attached to an aromatic ring is 1. The normalized spacial score (nSPS) is 10.8. The summed E-state index contributed by atoms with van der Waals surface area (Å²) in [6, 6.07) is 12.4. The maximum Gasteiger partial charge on any atom is 0.350 e. The zero-order chi connectivity index (χ0) is 18.0. The third kappa shape index (κ3) is 3.45. The van der Waals surface area contributed by atoms with E-state index < -0.39 is 10.9 Å². The van der Waals surface area contributed by atoms with Gasteiger partial charge < -0.3 is 10.5 Å². The maximum atomic E-state index is 12.1. The van der Waals surface area contributed by atoms with Crippen LogP contribution in [0.3, 0.4) is 0 Å². The van der Waals surface area contributed by atoms with E-state index in [1.165, 1.54) is 23.9 Å². The van der Waals surface area contributed by atoms with Crippen LogP contribution in [0.4, 0.5) is 11.4 Å². The smallest absolute Gasteiger partial charge is 0.350 e. The first kappa shape index (κ1) is 17.2. The highest BCUT2D eigenvalue weighted by atomic mass is 32.2. The van der Waals surface area contributed by atoms with E-state index in [1.807, 2.05) is 30.3 Å². The van der Waals surface area contributed by atoms with Crippen LogP contribution < -0.4 is 5.73 Å². The fourth-order valence-electron chi connectivity index (χ4n) is 2.35. The molecule has 2 N–H and O–H groups in total. The lowest BCUT2D eigenvalue weighted by Crippen LogP contribution is -2.04. The van der Waals surface area contributed by atoms with Gasteiger partial charge in [-0.25, -0.2) is 4.79 Å². The molecule has 0 radical (unpaired) electrons. The van der Waals surface area contributed by atoms with Gasteiger partial charge in [-0.3, -0.25) is 10.1 Å². The quantitative estimate of drug-likeness (QED) is 0.394. The van der Waals surface area contributed by atoms with Gasteiger partial charge in [0, 0.05) is 32.0 Å². The molecule has 25 heavy (non-hydrogen) atoms. The fourth-order valence-corrected chi connectivity index (χ4v) is 4.54. The summed E-state index contributed by atoms with van der Waals surface area (Å²) < 4.78 is 5.62. The third-order valence-electron chi connectivity index (χ3n) is 3.42. The van der Waals surface area contributed by atoms with Crippen LogP contribution in [0.1, 0.15) is 16.6 Å². The number of non-ortho nitro benzene ring substituents is 1. The monoisotopic (exact) mass is 374 g/mol. The molecule has 128 valence electrons. The third-order valence-corrected chi connectivity index (χ3v) is 5.60. The van der Waals surface area contributed by atoms with Crippen molar-refractivity contribution in [2.24, 2.45) is 0 Å². The van der Waals surface area contributed by atoms with Crippen molar-refractivity contribution in [1.29, 1.82) is 0 Å². The predicted octanol–water partition coefficient (Wildman–Crippen LogP) is 4.72. The molecule has 6 nitrogen and oxygen atoms in total. The summed E-state index contributed by atoms with van der Waals surface area (Å²) in [7, 11) is 0. The molecule has 0 spiro atoms. The number of carbonyl (C=O) groups excluding carboxylic acids is 1. The van der Waals surface area contributed by atoms with Gasteiger partial charge in [-0.2, -0.15) is 0 Å². The van der Waals surface area contributed by atoms with Gasteiger partial charge in [0.2, 0.25) is 0 Å². The van der Waals surface area contributed by atoms with Gasteiger partial charge in [0.15, 0.2) is 0 Å². The standard InChI is InChI=1S/C17H14N2O4S2/c1-2-23-17(20)16-15(18)14-12(24-11-6-4-3-5-7-11)8-10(19(21)22)9-13(14)25-16/h3-9H,2,18H2,1H3. The van der Waals surface area contributed by atoms with Gasteiger partial charge in [-0.1, -0.05) is 30.0 Å². The Labute approximate surface area is 151 Å². The van der Waals surface area contributed by atoms with Gasteiger partial charge in [-0.15, -0.1) is 11.3 Å². The lowest BCUT2D eigenvalue weighted by molar-refractivity contribution is -0.384. The van der Waals surface area contributed by atoms with Crippen molar-refractivity contribution in [3.63, 3.8) is 0 Å². The number of carbonyl (C=O) groups is 1. The molecule has 0 amide bonds. The van der Waals surface area contributed by atoms with E-state index in [-0.39, 0.29) is 17.2 Å². The molecule has 1 aromatic heterocycles. The molecule has 0 fully saturated rings. The van der Waals surface area contributed by atoms with Crippen LogP contribution in [0.5, 0.6) is 0 Å². The van der Waals surface area contributed by atoms with Crippen molar-refractivity contribution in [2.45, 2.75) is 16.7 Å². The second-order valence-electron chi connectivity index (χ2n) is 5.05. The number of fused-ring (bicyclic) bond motifs is 1. The molecule has 0 saturated heterocycles. The van der Waals surface area contributed by atoms with E-state index in [1.54, 1.807) is 6.92 Å². The highest BCUT2D eigenvalue weighted by Gasteiger charge is 2.23. The van der Waals surface area contributed by atoms with Crippen LogP contribution in [0.2, 0.25) is 0 Å². The first-order valence-corrected chi connectivity index (χ1v) is 9.05. The van der Waals surface area contributed by atoms with Gasteiger partial charge >= 0.3 is 5.97 Å². The Morgan fingerprint density at radius 2 is 2.04 bits per heavy atom. The summed E-state index contributed by atoms with van der Waals surface area (Å²) in [6.07, 6.45) is 0. The number of nitrogens with two attached hydrogens (primary N) is 1. The molecule has 0 bridgehead atoms. The minimum Gasteiger partial charge on any atom is -0.462 e. The Balaban J connectivity index is 2.18. The number of esters is 1. The van der Waals surface area contributed by atoms with E-state index in [9.17, 15) is 14.9 Å². The van der Waals surface area contributed by atoms with Gasteiger partial charge in [-0.05, 0) is 19.1 Å². The SMILES string of the molecule is CCOC(=O)c1sc2cc([N+](=O)[O-])cc(Sc3ccccc3)c2c1N. The van der Waals surface area contributed by atoms with Crippen LogP contribution in [-0.2, 0) is 4.74 Å². The number of rotatable bonds is 5. The van der Waals surface area contributed by atoms with E-state index in [2.05, 4.69) is 0 Å². The molecule has 8 heteroatoms. The number of nitro groups is 1. The number of nitrogens with zero attached hydrogens (tertiary/aromatic N) is 1. The number of ether oxygens (including phenoxy) is 1. The summed E-state index contributed by atoms with van der Waals surface area (Å²) in [5, 5.41) is 11.9. The first-order chi connectivity index (χ1) is 12.0. The molecular formula is C17H14N2O4S2. The number of benzene rings is 2. The summed E-state index contributed by atoms with van der Waals surface area (Å²) in [5.74, 6) is -0.514. The molecule has 3 rings (SSSR count). The Morgan fingerprint density at radius 1 is 1.32 bits per heavy atom. The van der Waals surface area contributed by atoms with Crippen LogP contribution in [0, 0.1) is 10.1 Å². The highest BCUT2D eigenvalue weighted by molar-refractivity contribution is 7.99. The topological polar surface area (TPSA) is 95.5 Å². The molecule has 0 atom stereocenters. The average molecular weight is 374 g/mol. The molecule has 0 aliphatic heterocycles. The van der Waals surface area contributed by atoms with E-state index in [4.69, 9.17) is 10.5 Å². The van der Waals surface area contributed by atoms with E-state index >= 15 is 0 Å². The van der Waals surface area contributed by atoms with Crippen molar-refractivity contribution in [3.8, 4) is 0 Å². The highest BCUT2D eigenvalue weighted by Crippen LogP contribution is 2.44.